The van der Waals surface area contributed by atoms with Gasteiger partial charge in [0.05, 0.1) is 51.8 Å². The lowest BCUT2D eigenvalue weighted by Gasteiger charge is -2.52. The Morgan fingerprint density at radius 1 is 0.476 bits per heavy atom. The number of carbonyl (C=O) groups excluding carboxylic acids is 3. The highest BCUT2D eigenvalue weighted by Gasteiger charge is 2.62. The van der Waals surface area contributed by atoms with E-state index in [1.165, 1.54) is 0 Å². The normalized spacial score (nSPS) is 46.3. The largest absolute Gasteiger partial charge is 0.477 e. The third-order valence-electron chi connectivity index (χ3n) is 14.6. The molecule has 0 bridgehead atoms. The van der Waals surface area contributed by atoms with Gasteiger partial charge in [-0.3, -0.25) is 14.4 Å². The highest BCUT2D eigenvalue weighted by atomic mass is 16.8. The fourth-order valence-corrected chi connectivity index (χ4v) is 10.4. The van der Waals surface area contributed by atoms with Gasteiger partial charge in [0, 0.05) is 27.2 Å². The molecule has 37 nitrogen and oxygen atoms in total. The SMILES string of the molecule is CC(=O)N[C@H]1[C@H](O[C@H]2[C@@H](O)[C@@H](CO)O[C@@H](O[C@H]3[C@H](O)[C@@H](O)C(O)O[C@@H]3CO)[C@@H]2O)O[C@H](CO)[C@@H](O[C@@H]2O[C@H](CO)[C@H](O[C@@H]3O[C@H](CO)[C@H](O)[C@H](O)[C@H]3NC(C)=O)[C@H](O[C@]3(C(=O)O)C[C@H](O)[C@@H](NC(C)=O)[C@H]([C@H](O)[C@H](O)CO)O3)[C@H]2O)[C@@H]1O. The molecule has 0 saturated carbocycles. The van der Waals surface area contributed by atoms with Gasteiger partial charge in [-0.15, -0.1) is 0 Å². The number of rotatable bonds is 22. The van der Waals surface area contributed by atoms with E-state index >= 15 is 0 Å². The van der Waals surface area contributed by atoms with Gasteiger partial charge in [0.2, 0.25) is 17.7 Å². The van der Waals surface area contributed by atoms with Crippen LogP contribution in [0.15, 0.2) is 0 Å². The summed E-state index contributed by atoms with van der Waals surface area (Å²) in [6.45, 7) is -3.75. The van der Waals surface area contributed by atoms with Crippen LogP contribution in [0.2, 0.25) is 0 Å². The van der Waals surface area contributed by atoms with Crippen molar-refractivity contribution in [2.75, 3.05) is 39.6 Å². The molecule has 0 aromatic carbocycles. The summed E-state index contributed by atoms with van der Waals surface area (Å²) in [6.07, 6.45) is -57.2. The minimum absolute atomic E-state index is 0.871. The number of carboxylic acid groups (broad SMARTS) is 1. The van der Waals surface area contributed by atoms with Crippen LogP contribution in [0.3, 0.4) is 0 Å². The Kier molecular flexibility index (Phi) is 23.9. The number of carbonyl (C=O) groups is 4. The van der Waals surface area contributed by atoms with Gasteiger partial charge in [0.25, 0.3) is 5.79 Å². The lowest BCUT2D eigenvalue weighted by molar-refractivity contribution is -0.401. The zero-order valence-electron chi connectivity index (χ0n) is 43.9. The lowest BCUT2D eigenvalue weighted by atomic mass is 9.88. The molecule has 0 aromatic rings. The summed E-state index contributed by atoms with van der Waals surface area (Å²) >= 11 is 0. The monoisotopic (exact) mass is 1200 g/mol. The molecule has 31 atom stereocenters. The first-order valence-electron chi connectivity index (χ1n) is 25.7. The maximum atomic E-state index is 13.5. The number of aliphatic carboxylic acids is 1. The van der Waals surface area contributed by atoms with E-state index in [4.69, 9.17) is 52.1 Å². The van der Waals surface area contributed by atoms with E-state index in [1.807, 2.05) is 0 Å². The molecular formula is C45H75N3O34. The van der Waals surface area contributed by atoms with Crippen LogP contribution >= 0.6 is 0 Å². The molecule has 0 aromatic heterocycles. The van der Waals surface area contributed by atoms with Crippen LogP contribution in [0.4, 0.5) is 0 Å². The van der Waals surface area contributed by atoms with Gasteiger partial charge in [0.1, 0.15) is 140 Å². The van der Waals surface area contributed by atoms with E-state index in [-0.39, 0.29) is 0 Å². The van der Waals surface area contributed by atoms with Gasteiger partial charge in [-0.2, -0.15) is 0 Å². The molecular weight excluding hydrogens is 1130 g/mol. The first kappa shape index (κ1) is 67.8. The standard InChI is InChI=1S/C45H75N3O34/c1-11(55)46-21-14(58)4-45(44(70)71,81-36(21)24(60)15(59)5-49)82-38-32(68)43(76-20(10-54)35(38)79-40-22(47-12(2)56)27(63)25(61)16(6-50)73-40)77-33-19(9-53)75-41(23(28(33)64)48-13(3)57)80-37-26(62)17(7-51)74-42(31(37)67)78-34-18(8-52)72-39(69)30(66)29(34)65/h14-43,49-54,58-69H,4-10H2,1-3H3,(H,46,55)(H,47,56)(H,48,57)(H,70,71)/t14-,15+,16+,17+,18+,19+,20+,21+,22+,23+,24+,25-,26-,27+,28+,29+,30+,31+,32+,33+,34+,35-,36+,37-,38+,39?,40-,41-,42-,43-,45-/m0/s1. The molecule has 1 unspecified atom stereocenters. The number of nitrogens with one attached hydrogen (secondary N) is 3. The number of aliphatic hydroxyl groups excluding tert-OH is 18. The minimum Gasteiger partial charge on any atom is -0.477 e. The van der Waals surface area contributed by atoms with Crippen LogP contribution in [0, 0.1) is 0 Å². The quantitative estimate of drug-likeness (QED) is 0.0479. The lowest BCUT2D eigenvalue weighted by Crippen LogP contribution is -2.72. The minimum atomic E-state index is -3.37. The van der Waals surface area contributed by atoms with Gasteiger partial charge < -0.3 is 165 Å². The third kappa shape index (κ3) is 14.6. The van der Waals surface area contributed by atoms with Crippen molar-refractivity contribution >= 4 is 23.7 Å². The van der Waals surface area contributed by atoms with Crippen LogP contribution in [0.1, 0.15) is 27.2 Å². The van der Waals surface area contributed by atoms with Crippen molar-refractivity contribution in [3.8, 4) is 0 Å². The van der Waals surface area contributed by atoms with Crippen molar-refractivity contribution < 1.29 is 168 Å². The molecule has 0 spiro atoms. The average molecular weight is 1200 g/mol. The van der Waals surface area contributed by atoms with E-state index < -0.39 is 259 Å². The number of hydrogen-bond donors (Lipinski definition) is 22. The van der Waals surface area contributed by atoms with Crippen LogP contribution in [-0.4, -0.2) is 350 Å². The number of ether oxygens (including phenoxy) is 11. The molecule has 6 heterocycles. The summed E-state index contributed by atoms with van der Waals surface area (Å²) in [5.41, 5.74) is 0. The molecule has 22 N–H and O–H groups in total. The summed E-state index contributed by atoms with van der Waals surface area (Å²) < 4.78 is 63.7. The molecule has 474 valence electrons. The van der Waals surface area contributed by atoms with Crippen LogP contribution in [0.25, 0.3) is 0 Å². The van der Waals surface area contributed by atoms with Crippen molar-refractivity contribution in [3.05, 3.63) is 0 Å². The number of carboxylic acids is 1. The molecule has 0 radical (unpaired) electrons. The summed E-state index contributed by atoms with van der Waals surface area (Å²) in [5.74, 6) is -8.23. The molecule has 0 aliphatic carbocycles. The molecule has 37 heteroatoms. The van der Waals surface area contributed by atoms with Crippen molar-refractivity contribution in [2.45, 2.75) is 217 Å². The maximum absolute atomic E-state index is 13.5. The van der Waals surface area contributed by atoms with E-state index in [0.717, 1.165) is 20.8 Å². The Morgan fingerprint density at radius 2 is 0.890 bits per heavy atom. The van der Waals surface area contributed by atoms with Gasteiger partial charge in [-0.1, -0.05) is 0 Å². The maximum Gasteiger partial charge on any atom is 0.364 e. The first-order chi connectivity index (χ1) is 38.6. The summed E-state index contributed by atoms with van der Waals surface area (Å²) in [6, 6.07) is -5.49. The van der Waals surface area contributed by atoms with Gasteiger partial charge in [-0.25, -0.2) is 4.79 Å². The van der Waals surface area contributed by atoms with Crippen molar-refractivity contribution in [2.24, 2.45) is 0 Å². The van der Waals surface area contributed by atoms with Gasteiger partial charge in [0.15, 0.2) is 31.5 Å². The molecule has 6 rings (SSSR count). The van der Waals surface area contributed by atoms with Crippen LogP contribution < -0.4 is 16.0 Å². The van der Waals surface area contributed by atoms with Crippen molar-refractivity contribution in [1.29, 1.82) is 0 Å². The van der Waals surface area contributed by atoms with E-state index in [1.54, 1.807) is 0 Å². The predicted molar refractivity (Wildman–Crippen MR) is 251 cm³/mol. The summed E-state index contributed by atoms with van der Waals surface area (Å²) in [5, 5.41) is 212. The third-order valence-corrected chi connectivity index (χ3v) is 14.6. The number of amides is 3. The number of hydrogen-bond acceptors (Lipinski definition) is 33. The summed E-state index contributed by atoms with van der Waals surface area (Å²) in [4.78, 5) is 51.0. The second-order valence-electron chi connectivity index (χ2n) is 20.4. The topological polar surface area (TPSA) is 590 Å². The predicted octanol–water partition coefficient (Wildman–Crippen LogP) is -14.5. The zero-order chi connectivity index (χ0) is 61.0. The van der Waals surface area contributed by atoms with Gasteiger partial charge in [-0.05, 0) is 0 Å². The zero-order valence-corrected chi connectivity index (χ0v) is 43.9. The van der Waals surface area contributed by atoms with E-state index in [9.17, 15) is 116 Å². The highest BCUT2D eigenvalue weighted by molar-refractivity contribution is 5.77. The molecule has 6 saturated heterocycles. The Labute approximate surface area is 463 Å². The first-order valence-corrected chi connectivity index (χ1v) is 25.7. The molecule has 82 heavy (non-hydrogen) atoms. The van der Waals surface area contributed by atoms with E-state index in [0.29, 0.717) is 0 Å². The Bertz CT molecular complexity index is 2090. The second kappa shape index (κ2) is 28.9. The van der Waals surface area contributed by atoms with E-state index in [2.05, 4.69) is 16.0 Å². The van der Waals surface area contributed by atoms with Gasteiger partial charge >= 0.3 is 5.97 Å². The molecule has 6 aliphatic heterocycles. The smallest absolute Gasteiger partial charge is 0.364 e. The van der Waals surface area contributed by atoms with Crippen LogP contribution in [-0.2, 0) is 71.3 Å². The fourth-order valence-electron chi connectivity index (χ4n) is 10.4. The number of aliphatic hydroxyl groups is 18. The average Bonchev–Trinajstić information content (AvgIpc) is 3.43. The fraction of sp³-hybridized carbons (Fsp3) is 0.911. The molecule has 6 aliphatic rings. The Balaban J connectivity index is 1.36. The van der Waals surface area contributed by atoms with Crippen molar-refractivity contribution in [1.82, 2.24) is 16.0 Å². The summed E-state index contributed by atoms with van der Waals surface area (Å²) in [7, 11) is 0. The highest BCUT2D eigenvalue weighted by Crippen LogP contribution is 2.41. The Hall–Kier alpha value is -3.28. The van der Waals surface area contributed by atoms with Crippen LogP contribution in [0.5, 0.6) is 0 Å². The van der Waals surface area contributed by atoms with Crippen molar-refractivity contribution in [3.63, 3.8) is 0 Å². The Morgan fingerprint density at radius 3 is 1.40 bits per heavy atom. The second-order valence-corrected chi connectivity index (χ2v) is 20.4. The molecule has 3 amide bonds. The molecule has 6 fully saturated rings.